The molecule has 3 rings (SSSR count). The topological polar surface area (TPSA) is 54.5 Å². The predicted molar refractivity (Wildman–Crippen MR) is 105 cm³/mol. The number of ether oxygens (including phenoxy) is 1. The molecule has 2 aromatic carbocycles. The van der Waals surface area contributed by atoms with E-state index < -0.39 is 12.0 Å². The molecule has 0 saturated heterocycles. The van der Waals surface area contributed by atoms with Gasteiger partial charge in [-0.2, -0.15) is 0 Å². The standard InChI is InChI=1S/C18H16FN3O2S2/c1-24-17(23)15(9-12-5-3-2-4-6-12)22(11-25)21-18-20-14-8-7-13(19)10-16(14)26-18/h2-8,10-11,15H,9H2,1H3,(H,20,21). The molecule has 1 heterocycles. The van der Waals surface area contributed by atoms with E-state index in [2.05, 4.69) is 10.4 Å². The lowest BCUT2D eigenvalue weighted by atomic mass is 10.1. The number of anilines is 1. The van der Waals surface area contributed by atoms with E-state index >= 15 is 0 Å². The molecule has 0 aliphatic carbocycles. The van der Waals surface area contributed by atoms with Crippen LogP contribution in [-0.2, 0) is 16.0 Å². The van der Waals surface area contributed by atoms with Crippen LogP contribution in [-0.4, -0.2) is 34.6 Å². The lowest BCUT2D eigenvalue weighted by Gasteiger charge is -2.27. The first-order valence-corrected chi connectivity index (χ1v) is 9.07. The minimum absolute atomic E-state index is 0.323. The van der Waals surface area contributed by atoms with Crippen molar-refractivity contribution in [2.24, 2.45) is 0 Å². The Bertz CT molecular complexity index is 917. The Hall–Kier alpha value is -2.58. The lowest BCUT2D eigenvalue weighted by Crippen LogP contribution is -2.45. The monoisotopic (exact) mass is 389 g/mol. The maximum atomic E-state index is 13.4. The molecule has 1 N–H and O–H groups in total. The normalized spacial score (nSPS) is 11.8. The lowest BCUT2D eigenvalue weighted by molar-refractivity contribution is -0.144. The largest absolute Gasteiger partial charge is 0.467 e. The van der Waals surface area contributed by atoms with Crippen LogP contribution in [0.5, 0.6) is 0 Å². The van der Waals surface area contributed by atoms with Gasteiger partial charge < -0.3 is 4.74 Å². The first-order chi connectivity index (χ1) is 12.6. The van der Waals surface area contributed by atoms with Gasteiger partial charge in [0, 0.05) is 6.42 Å². The molecule has 1 aromatic heterocycles. The molecule has 0 amide bonds. The fourth-order valence-corrected chi connectivity index (χ4v) is 3.60. The van der Waals surface area contributed by atoms with Gasteiger partial charge in [0.15, 0.2) is 6.04 Å². The number of hydrazine groups is 1. The highest BCUT2D eigenvalue weighted by Gasteiger charge is 2.26. The molecule has 0 aliphatic rings. The van der Waals surface area contributed by atoms with Crippen LogP contribution in [0.25, 0.3) is 10.2 Å². The number of aromatic nitrogens is 1. The van der Waals surface area contributed by atoms with E-state index in [1.165, 1.54) is 41.1 Å². The van der Waals surface area contributed by atoms with E-state index in [0.717, 1.165) is 5.56 Å². The van der Waals surface area contributed by atoms with E-state index in [4.69, 9.17) is 17.0 Å². The van der Waals surface area contributed by atoms with E-state index in [1.807, 2.05) is 30.3 Å². The maximum absolute atomic E-state index is 13.4. The molecule has 0 aliphatic heterocycles. The number of thiocarbonyl (C=S) groups is 1. The fourth-order valence-electron chi connectivity index (χ4n) is 2.50. The number of esters is 1. The molecule has 134 valence electrons. The van der Waals surface area contributed by atoms with Crippen LogP contribution < -0.4 is 5.43 Å². The Morgan fingerprint density at radius 3 is 2.85 bits per heavy atom. The van der Waals surface area contributed by atoms with E-state index in [1.54, 1.807) is 6.07 Å². The second kappa shape index (κ2) is 8.20. The van der Waals surface area contributed by atoms with Crippen LogP contribution in [0.2, 0.25) is 0 Å². The molecule has 0 radical (unpaired) electrons. The van der Waals surface area contributed by atoms with Crippen molar-refractivity contribution in [2.45, 2.75) is 12.5 Å². The van der Waals surface area contributed by atoms with Crippen LogP contribution in [0.4, 0.5) is 9.52 Å². The van der Waals surface area contributed by atoms with Crippen molar-refractivity contribution in [2.75, 3.05) is 12.5 Å². The molecular weight excluding hydrogens is 373 g/mol. The second-order valence-corrected chi connectivity index (χ2v) is 6.73. The molecule has 1 atom stereocenters. The molecule has 3 aromatic rings. The van der Waals surface area contributed by atoms with Crippen LogP contribution in [0.1, 0.15) is 5.56 Å². The zero-order valence-electron chi connectivity index (χ0n) is 13.9. The molecule has 8 heteroatoms. The van der Waals surface area contributed by atoms with Crippen molar-refractivity contribution < 1.29 is 13.9 Å². The SMILES string of the molecule is COC(=O)C(Cc1ccccc1)N(C=S)Nc1nc2ccc(F)cc2s1. The highest BCUT2D eigenvalue weighted by atomic mass is 32.1. The Labute approximate surface area is 159 Å². The quantitative estimate of drug-likeness (QED) is 0.377. The van der Waals surface area contributed by atoms with Gasteiger partial charge in [0.25, 0.3) is 0 Å². The van der Waals surface area contributed by atoms with Crippen LogP contribution in [0.15, 0.2) is 48.5 Å². The summed E-state index contributed by atoms with van der Waals surface area (Å²) in [5.41, 5.74) is 6.01. The number of benzene rings is 2. The number of thiazole rings is 1. The number of fused-ring (bicyclic) bond motifs is 1. The number of carbonyl (C=O) groups is 1. The van der Waals surface area contributed by atoms with Crippen molar-refractivity contribution in [1.82, 2.24) is 9.99 Å². The van der Waals surface area contributed by atoms with E-state index in [0.29, 0.717) is 21.8 Å². The summed E-state index contributed by atoms with van der Waals surface area (Å²) in [6, 6.07) is 13.3. The first-order valence-electron chi connectivity index (χ1n) is 7.79. The number of hydrogen-bond acceptors (Lipinski definition) is 6. The summed E-state index contributed by atoms with van der Waals surface area (Å²) in [5, 5.41) is 2.00. The third-order valence-electron chi connectivity index (χ3n) is 3.77. The summed E-state index contributed by atoms with van der Waals surface area (Å²) < 4.78 is 19.0. The number of rotatable bonds is 7. The molecule has 1 unspecified atom stereocenters. The Morgan fingerprint density at radius 1 is 1.38 bits per heavy atom. The summed E-state index contributed by atoms with van der Waals surface area (Å²) in [6.07, 6.45) is 0.410. The van der Waals surface area contributed by atoms with Crippen molar-refractivity contribution in [3.8, 4) is 0 Å². The zero-order chi connectivity index (χ0) is 18.5. The molecule has 0 fully saturated rings. The summed E-state index contributed by atoms with van der Waals surface area (Å²) in [6.45, 7) is 0. The summed E-state index contributed by atoms with van der Waals surface area (Å²) in [4.78, 5) is 16.7. The van der Waals surface area contributed by atoms with Gasteiger partial charge in [0.2, 0.25) is 5.13 Å². The molecule has 0 saturated carbocycles. The minimum atomic E-state index is -0.663. The predicted octanol–water partition coefficient (Wildman–Crippen LogP) is 3.81. The zero-order valence-corrected chi connectivity index (χ0v) is 15.5. The number of carbonyl (C=O) groups excluding carboxylic acids is 1. The number of hydrogen-bond donors (Lipinski definition) is 1. The summed E-state index contributed by atoms with van der Waals surface area (Å²) in [5.74, 6) is -0.745. The van der Waals surface area contributed by atoms with E-state index in [9.17, 15) is 9.18 Å². The first kappa shape index (κ1) is 18.2. The van der Waals surface area contributed by atoms with Gasteiger partial charge in [-0.05, 0) is 23.8 Å². The number of methoxy groups -OCH3 is 1. The van der Waals surface area contributed by atoms with Crippen molar-refractivity contribution >= 4 is 50.4 Å². The van der Waals surface area contributed by atoms with Gasteiger partial charge in [-0.1, -0.05) is 53.9 Å². The number of nitrogens with one attached hydrogen (secondary N) is 1. The molecule has 5 nitrogen and oxygen atoms in total. The molecule has 26 heavy (non-hydrogen) atoms. The average Bonchev–Trinajstić information content (AvgIpc) is 3.06. The molecule has 0 spiro atoms. The van der Waals surface area contributed by atoms with Gasteiger partial charge in [-0.3, -0.25) is 10.4 Å². The maximum Gasteiger partial charge on any atom is 0.330 e. The van der Waals surface area contributed by atoms with E-state index in [-0.39, 0.29) is 5.82 Å². The van der Waals surface area contributed by atoms with Crippen LogP contribution in [0, 0.1) is 5.82 Å². The third-order valence-corrected chi connectivity index (χ3v) is 4.92. The number of nitrogens with zero attached hydrogens (tertiary/aromatic N) is 2. The highest BCUT2D eigenvalue weighted by molar-refractivity contribution is 7.78. The fraction of sp³-hybridized carbons (Fsp3) is 0.167. The van der Waals surface area contributed by atoms with Crippen LogP contribution in [0.3, 0.4) is 0 Å². The third kappa shape index (κ3) is 4.14. The minimum Gasteiger partial charge on any atom is -0.467 e. The Morgan fingerprint density at radius 2 is 2.15 bits per heavy atom. The molecule has 0 bridgehead atoms. The van der Waals surface area contributed by atoms with Crippen LogP contribution >= 0.6 is 23.6 Å². The van der Waals surface area contributed by atoms with Gasteiger partial charge in [0.05, 0.1) is 22.8 Å². The average molecular weight is 389 g/mol. The van der Waals surface area contributed by atoms with Crippen molar-refractivity contribution in [3.05, 3.63) is 59.9 Å². The van der Waals surface area contributed by atoms with Crippen molar-refractivity contribution in [3.63, 3.8) is 0 Å². The Balaban J connectivity index is 1.84. The van der Waals surface area contributed by atoms with Crippen molar-refractivity contribution in [1.29, 1.82) is 0 Å². The summed E-state index contributed by atoms with van der Waals surface area (Å²) >= 11 is 6.36. The van der Waals surface area contributed by atoms with Gasteiger partial charge in [-0.25, -0.2) is 14.2 Å². The molecular formula is C18H16FN3O2S2. The van der Waals surface area contributed by atoms with Gasteiger partial charge in [-0.15, -0.1) is 0 Å². The second-order valence-electron chi connectivity index (χ2n) is 5.48. The smallest absolute Gasteiger partial charge is 0.330 e. The highest BCUT2D eigenvalue weighted by Crippen LogP contribution is 2.27. The van der Waals surface area contributed by atoms with Gasteiger partial charge >= 0.3 is 5.97 Å². The van der Waals surface area contributed by atoms with Gasteiger partial charge in [0.1, 0.15) is 5.82 Å². The Kier molecular flexibility index (Phi) is 5.75. The number of halogens is 1. The summed E-state index contributed by atoms with van der Waals surface area (Å²) in [7, 11) is 1.34.